The van der Waals surface area contributed by atoms with Gasteiger partial charge in [0.1, 0.15) is 6.33 Å². The first-order chi connectivity index (χ1) is 38.2. The number of hydrogen-bond donors (Lipinski definition) is 1. The zero-order valence-corrected chi connectivity index (χ0v) is 48.9. The van der Waals surface area contributed by atoms with E-state index in [1.54, 1.807) is 0 Å². The third-order valence-electron chi connectivity index (χ3n) is 19.1. The van der Waals surface area contributed by atoms with Crippen molar-refractivity contribution < 1.29 is 0 Å². The average molecular weight is 1050 g/mol. The molecule has 2 atom stereocenters. The Balaban J connectivity index is 0.941. The van der Waals surface area contributed by atoms with Gasteiger partial charge in [0.25, 0.3) is 0 Å². The Bertz CT molecular complexity index is 3980. The lowest BCUT2D eigenvalue weighted by Gasteiger charge is -2.44. The highest BCUT2D eigenvalue weighted by Crippen LogP contribution is 2.62. The summed E-state index contributed by atoms with van der Waals surface area (Å²) >= 11 is 0. The first-order valence-electron chi connectivity index (χ1n) is 28.8. The summed E-state index contributed by atoms with van der Waals surface area (Å²) < 4.78 is 2.27. The van der Waals surface area contributed by atoms with Gasteiger partial charge >= 0.3 is 0 Å². The molecule has 0 amide bonds. The highest BCUT2D eigenvalue weighted by atomic mass is 15.0. The summed E-state index contributed by atoms with van der Waals surface area (Å²) in [7, 11) is 0. The maximum absolute atomic E-state index is 5.00. The molecule has 2 unspecified atom stereocenters. The van der Waals surface area contributed by atoms with Gasteiger partial charge in [-0.3, -0.25) is 9.55 Å². The predicted octanol–water partition coefficient (Wildman–Crippen LogP) is 19.7. The number of imidazole rings is 1. The molecule has 0 bridgehead atoms. The molecule has 2 aliphatic carbocycles. The minimum Gasteiger partial charge on any atom is -0.381 e. The number of dihydropyridines is 1. The van der Waals surface area contributed by atoms with E-state index in [9.17, 15) is 0 Å². The Morgan fingerprint density at radius 3 is 1.64 bits per heavy atom. The lowest BCUT2D eigenvalue weighted by atomic mass is 9.59. The average Bonchev–Trinajstić information content (AvgIpc) is 4.13. The maximum atomic E-state index is 5.00. The second kappa shape index (κ2) is 19.6. The zero-order chi connectivity index (χ0) is 55.9. The first kappa shape index (κ1) is 52.6. The van der Waals surface area contributed by atoms with Gasteiger partial charge in [-0.25, -0.2) is 4.98 Å². The first-order valence-corrected chi connectivity index (χ1v) is 28.8. The molecule has 0 radical (unpaired) electrons. The van der Waals surface area contributed by atoms with Crippen LogP contribution in [0.4, 0.5) is 0 Å². The van der Waals surface area contributed by atoms with Gasteiger partial charge in [-0.15, -0.1) is 0 Å². The third-order valence-corrected chi connectivity index (χ3v) is 19.1. The van der Waals surface area contributed by atoms with Crippen LogP contribution in [0.25, 0.3) is 83.6 Å². The Hall–Kier alpha value is -8.08. The van der Waals surface area contributed by atoms with Crippen LogP contribution in [0.5, 0.6) is 0 Å². The van der Waals surface area contributed by atoms with Crippen molar-refractivity contribution in [2.24, 2.45) is 10.8 Å². The number of rotatable bonds is 9. The molecule has 80 heavy (non-hydrogen) atoms. The molecule has 12 rings (SSSR count). The Labute approximate surface area is 475 Å². The third kappa shape index (κ3) is 9.21. The number of pyridine rings is 1. The Kier molecular flexibility index (Phi) is 12.9. The molecule has 9 aromatic rings. The predicted molar refractivity (Wildman–Crippen MR) is 338 cm³/mol. The highest BCUT2D eigenvalue weighted by Gasteiger charge is 2.57. The largest absolute Gasteiger partial charge is 0.381 e. The van der Waals surface area contributed by atoms with E-state index in [0.717, 1.165) is 45.5 Å². The van der Waals surface area contributed by atoms with Gasteiger partial charge < -0.3 is 5.32 Å². The number of hydrogen-bond acceptors (Lipinski definition) is 3. The van der Waals surface area contributed by atoms with Gasteiger partial charge in [-0.05, 0) is 189 Å². The van der Waals surface area contributed by atoms with Gasteiger partial charge in [0.15, 0.2) is 0 Å². The fourth-order valence-corrected chi connectivity index (χ4v) is 12.9. The van der Waals surface area contributed by atoms with Crippen LogP contribution >= 0.6 is 0 Å². The zero-order valence-electron chi connectivity index (χ0n) is 48.9. The number of nitrogens with one attached hydrogen (secondary N) is 1. The van der Waals surface area contributed by atoms with Crippen molar-refractivity contribution in [3.8, 4) is 72.6 Å². The van der Waals surface area contributed by atoms with E-state index in [4.69, 9.17) is 9.97 Å². The van der Waals surface area contributed by atoms with Gasteiger partial charge in [0, 0.05) is 23.4 Å². The summed E-state index contributed by atoms with van der Waals surface area (Å²) in [5.74, 6) is 0.223. The van der Waals surface area contributed by atoms with E-state index in [1.165, 1.54) is 77.9 Å². The van der Waals surface area contributed by atoms with E-state index in [0.29, 0.717) is 0 Å². The van der Waals surface area contributed by atoms with Crippen molar-refractivity contribution in [2.75, 3.05) is 0 Å². The molecule has 7 aromatic carbocycles. The van der Waals surface area contributed by atoms with Gasteiger partial charge in [-0.1, -0.05) is 217 Å². The lowest BCUT2D eigenvalue weighted by molar-refractivity contribution is 0.125. The molecule has 0 saturated heterocycles. The second-order valence-electron chi connectivity index (χ2n) is 26.4. The monoisotopic (exact) mass is 1040 g/mol. The van der Waals surface area contributed by atoms with Crippen LogP contribution in [-0.4, -0.2) is 20.6 Å². The van der Waals surface area contributed by atoms with Crippen molar-refractivity contribution >= 4 is 11.0 Å². The van der Waals surface area contributed by atoms with Gasteiger partial charge in [0.2, 0.25) is 0 Å². The highest BCUT2D eigenvalue weighted by molar-refractivity contribution is 5.93. The van der Waals surface area contributed by atoms with Crippen molar-refractivity contribution in [1.82, 2.24) is 19.9 Å². The van der Waals surface area contributed by atoms with Crippen molar-refractivity contribution in [3.63, 3.8) is 0 Å². The fourth-order valence-electron chi connectivity index (χ4n) is 12.9. The van der Waals surface area contributed by atoms with Gasteiger partial charge in [0.05, 0.1) is 22.8 Å². The number of benzene rings is 7. The SMILES string of the molecule is CC(C)(C)C1=CC(C2=CCC(c3ccccc3-c3cc(-c4ccccc4-c4ccc(-c5cc(C(C)(C)C)ccn5)cc4)cc(-c4ccccc4-c4ccc(-n5cnc6cc7c(cc65)C(C)(C)C(C)(C)C7(C)C)cc4)c3)C=C2)NC=C1. The molecule has 4 nitrogen and oxygen atoms in total. The van der Waals surface area contributed by atoms with Crippen LogP contribution in [0, 0.1) is 10.8 Å². The van der Waals surface area contributed by atoms with Crippen LogP contribution in [-0.2, 0) is 16.2 Å². The minimum atomic E-state index is 0.000659. The summed E-state index contributed by atoms with van der Waals surface area (Å²) in [5, 5.41) is 3.62. The van der Waals surface area contributed by atoms with Crippen LogP contribution in [0.2, 0.25) is 0 Å². The van der Waals surface area contributed by atoms with E-state index in [1.807, 2.05) is 12.5 Å². The minimum absolute atomic E-state index is 0.000659. The van der Waals surface area contributed by atoms with Crippen LogP contribution in [0.15, 0.2) is 224 Å². The molecule has 1 N–H and O–H groups in total. The molecule has 4 heteroatoms. The molecule has 2 aromatic heterocycles. The number of fused-ring (bicyclic) bond motifs is 2. The van der Waals surface area contributed by atoms with Crippen molar-refractivity contribution in [2.45, 2.75) is 118 Å². The van der Waals surface area contributed by atoms with Gasteiger partial charge in [-0.2, -0.15) is 0 Å². The molecule has 3 aliphatic rings. The molecule has 400 valence electrons. The molecule has 3 heterocycles. The smallest absolute Gasteiger partial charge is 0.100 e. The molecule has 0 fully saturated rings. The Morgan fingerprint density at radius 2 is 1.06 bits per heavy atom. The van der Waals surface area contributed by atoms with Crippen LogP contribution in [0.3, 0.4) is 0 Å². The molecule has 0 spiro atoms. The molecular formula is C76H76N4. The summed E-state index contributed by atoms with van der Waals surface area (Å²) in [6.07, 6.45) is 18.8. The number of allylic oxidation sites excluding steroid dienone is 4. The molecule has 0 saturated carbocycles. The fraction of sp³-hybridized carbons (Fsp3) is 0.263. The lowest BCUT2D eigenvalue weighted by Crippen LogP contribution is -2.42. The quantitative estimate of drug-likeness (QED) is 0.157. The van der Waals surface area contributed by atoms with E-state index in [2.05, 4.69) is 293 Å². The van der Waals surface area contributed by atoms with Crippen LogP contribution < -0.4 is 5.32 Å². The summed E-state index contributed by atoms with van der Waals surface area (Å²) in [6.45, 7) is 28.1. The van der Waals surface area contributed by atoms with Crippen molar-refractivity contribution in [1.29, 1.82) is 0 Å². The molecular weight excluding hydrogens is 969 g/mol. The van der Waals surface area contributed by atoms with Crippen molar-refractivity contribution in [3.05, 3.63) is 246 Å². The van der Waals surface area contributed by atoms with E-state index in [-0.39, 0.29) is 39.0 Å². The normalized spacial score (nSPS) is 18.1. The van der Waals surface area contributed by atoms with E-state index < -0.39 is 0 Å². The van der Waals surface area contributed by atoms with E-state index >= 15 is 0 Å². The number of aromatic nitrogens is 3. The second-order valence-corrected chi connectivity index (χ2v) is 26.4. The standard InChI is InChI=1S/C76H76N4/c1-72(2,3)57-37-39-77-68(44-57)52-29-25-49(26-30-52)60-19-13-16-22-63(60)54-41-55(64-23-17-14-20-61(64)50-27-31-53(32-28-50)69-45-58(38-40-78-69)73(4,5)6)43-56(42-54)65-24-18-15-21-62(65)51-33-35-59(36-34-51)80-48-79-70-46-66-67(47-71(70)80)75(9,10)76(11,12)74(66,7)8/h13-27,29-48,50,69,78H,28H2,1-12H3. The summed E-state index contributed by atoms with van der Waals surface area (Å²) in [5.41, 5.74) is 25.6. The topological polar surface area (TPSA) is 42.7 Å². The van der Waals surface area contributed by atoms with Crippen LogP contribution in [0.1, 0.15) is 118 Å². The Morgan fingerprint density at radius 1 is 0.525 bits per heavy atom. The summed E-state index contributed by atoms with van der Waals surface area (Å²) in [6, 6.07) is 61.5. The number of nitrogens with zero attached hydrogens (tertiary/aromatic N) is 3. The summed E-state index contributed by atoms with van der Waals surface area (Å²) in [4.78, 5) is 9.81. The maximum Gasteiger partial charge on any atom is 0.100 e. The molecule has 1 aliphatic heterocycles.